The van der Waals surface area contributed by atoms with Crippen LogP contribution in [0.3, 0.4) is 0 Å². The predicted octanol–water partition coefficient (Wildman–Crippen LogP) is 1.53. The molecule has 1 aromatic heterocycles. The molecule has 3 N–H and O–H groups in total. The van der Waals surface area contributed by atoms with Crippen molar-refractivity contribution in [3.63, 3.8) is 0 Å². The van der Waals surface area contributed by atoms with Crippen LogP contribution in [-0.2, 0) is 22.7 Å². The molecule has 132 valence electrons. The lowest BCUT2D eigenvalue weighted by molar-refractivity contribution is -0.121. The standard InChI is InChI=1S/C15H26N4O2S.ClH/c1-21-11-13-9-18-15(22-13)10-19-7-3-2-4-12(19)8-17-14(20)5-6-16;/h9,12H,2-8,10-11,16H2,1H3,(H,17,20);1H. The molecule has 1 atom stereocenters. The molecule has 1 amide bonds. The van der Waals surface area contributed by atoms with Crippen molar-refractivity contribution in [1.82, 2.24) is 15.2 Å². The maximum Gasteiger partial charge on any atom is 0.221 e. The number of carbonyl (C=O) groups is 1. The Morgan fingerprint density at radius 3 is 3.13 bits per heavy atom. The number of nitrogens with zero attached hydrogens (tertiary/aromatic N) is 2. The van der Waals surface area contributed by atoms with Crippen molar-refractivity contribution >= 4 is 29.7 Å². The summed E-state index contributed by atoms with van der Waals surface area (Å²) in [6, 6.07) is 0.394. The number of amides is 1. The molecule has 1 saturated heterocycles. The lowest BCUT2D eigenvalue weighted by Crippen LogP contribution is -2.46. The van der Waals surface area contributed by atoms with Gasteiger partial charge in [0.05, 0.1) is 18.0 Å². The molecule has 1 aliphatic rings. The number of piperidine rings is 1. The third kappa shape index (κ3) is 6.73. The van der Waals surface area contributed by atoms with E-state index in [1.54, 1.807) is 18.4 Å². The van der Waals surface area contributed by atoms with Gasteiger partial charge in [0.1, 0.15) is 5.01 Å². The molecule has 1 aliphatic heterocycles. The highest BCUT2D eigenvalue weighted by molar-refractivity contribution is 7.11. The van der Waals surface area contributed by atoms with Crippen molar-refractivity contribution in [2.24, 2.45) is 5.73 Å². The number of nitrogens with two attached hydrogens (primary N) is 1. The largest absolute Gasteiger partial charge is 0.379 e. The van der Waals surface area contributed by atoms with Crippen molar-refractivity contribution in [1.29, 1.82) is 0 Å². The third-order valence-corrected chi connectivity index (χ3v) is 4.84. The van der Waals surface area contributed by atoms with Gasteiger partial charge in [-0.05, 0) is 19.4 Å². The smallest absolute Gasteiger partial charge is 0.221 e. The first-order valence-electron chi connectivity index (χ1n) is 7.86. The highest BCUT2D eigenvalue weighted by Gasteiger charge is 2.23. The number of likely N-dealkylation sites (tertiary alicyclic amines) is 1. The van der Waals surface area contributed by atoms with Gasteiger partial charge in [-0.2, -0.15) is 0 Å². The minimum atomic E-state index is 0. The summed E-state index contributed by atoms with van der Waals surface area (Å²) in [7, 11) is 1.70. The fraction of sp³-hybridized carbons (Fsp3) is 0.733. The van der Waals surface area contributed by atoms with Crippen LogP contribution in [0.25, 0.3) is 0 Å². The fourth-order valence-corrected chi connectivity index (χ4v) is 3.67. The lowest BCUT2D eigenvalue weighted by atomic mass is 10.0. The third-order valence-electron chi connectivity index (χ3n) is 3.88. The number of methoxy groups -OCH3 is 1. The monoisotopic (exact) mass is 362 g/mol. The van der Waals surface area contributed by atoms with Gasteiger partial charge < -0.3 is 15.8 Å². The van der Waals surface area contributed by atoms with Crippen molar-refractivity contribution in [2.75, 3.05) is 26.7 Å². The summed E-state index contributed by atoms with van der Waals surface area (Å²) in [5, 5.41) is 4.11. The Kier molecular flexibility index (Phi) is 9.66. The summed E-state index contributed by atoms with van der Waals surface area (Å²) in [5.74, 6) is 0.0460. The van der Waals surface area contributed by atoms with Crippen LogP contribution in [0.15, 0.2) is 6.20 Å². The summed E-state index contributed by atoms with van der Waals surface area (Å²) in [6.07, 6.45) is 5.86. The molecule has 0 saturated carbocycles. The van der Waals surface area contributed by atoms with Crippen LogP contribution >= 0.6 is 23.7 Å². The van der Waals surface area contributed by atoms with Crippen LogP contribution in [0, 0.1) is 0 Å². The number of carbonyl (C=O) groups excluding carboxylic acids is 1. The molecule has 23 heavy (non-hydrogen) atoms. The van der Waals surface area contributed by atoms with Gasteiger partial charge in [-0.3, -0.25) is 9.69 Å². The van der Waals surface area contributed by atoms with E-state index in [0.29, 0.717) is 32.2 Å². The van der Waals surface area contributed by atoms with Crippen LogP contribution in [-0.4, -0.2) is 48.6 Å². The van der Waals surface area contributed by atoms with Crippen molar-refractivity contribution in [2.45, 2.75) is 44.9 Å². The fourth-order valence-electron chi connectivity index (χ4n) is 2.75. The van der Waals surface area contributed by atoms with Gasteiger partial charge in [-0.25, -0.2) is 4.98 Å². The van der Waals surface area contributed by atoms with E-state index in [0.717, 1.165) is 29.4 Å². The maximum absolute atomic E-state index is 11.6. The van der Waals surface area contributed by atoms with Gasteiger partial charge in [0.15, 0.2) is 0 Å². The molecule has 8 heteroatoms. The summed E-state index contributed by atoms with van der Waals surface area (Å²) in [5.41, 5.74) is 5.41. The number of hydrogen-bond acceptors (Lipinski definition) is 6. The van der Waals surface area contributed by atoms with Gasteiger partial charge in [0.2, 0.25) is 5.91 Å². The average Bonchev–Trinajstić information content (AvgIpc) is 2.94. The molecule has 0 spiro atoms. The van der Waals surface area contributed by atoms with Crippen LogP contribution in [0.1, 0.15) is 35.6 Å². The minimum absolute atomic E-state index is 0. The zero-order chi connectivity index (χ0) is 15.8. The molecular weight excluding hydrogens is 336 g/mol. The second kappa shape index (κ2) is 10.9. The predicted molar refractivity (Wildman–Crippen MR) is 94.8 cm³/mol. The summed E-state index contributed by atoms with van der Waals surface area (Å²) >= 11 is 1.70. The molecule has 0 bridgehead atoms. The Bertz CT molecular complexity index is 472. The first-order valence-corrected chi connectivity index (χ1v) is 8.68. The molecule has 1 aromatic rings. The molecule has 2 heterocycles. The molecule has 0 aliphatic carbocycles. The SMILES string of the molecule is COCc1cnc(CN2CCCCC2CNC(=O)CCN)s1.Cl. The van der Waals surface area contributed by atoms with Crippen molar-refractivity contribution in [3.05, 3.63) is 16.1 Å². The minimum Gasteiger partial charge on any atom is -0.379 e. The van der Waals surface area contributed by atoms with E-state index >= 15 is 0 Å². The molecule has 6 nitrogen and oxygen atoms in total. The van der Waals surface area contributed by atoms with E-state index in [1.807, 2.05) is 6.20 Å². The van der Waals surface area contributed by atoms with Gasteiger partial charge in [-0.15, -0.1) is 23.7 Å². The Morgan fingerprint density at radius 2 is 2.39 bits per heavy atom. The van der Waals surface area contributed by atoms with Crippen molar-refractivity contribution in [3.8, 4) is 0 Å². The number of rotatable bonds is 8. The summed E-state index contributed by atoms with van der Waals surface area (Å²) < 4.78 is 5.14. The van der Waals surface area contributed by atoms with Gasteiger partial charge in [0.25, 0.3) is 0 Å². The molecular formula is C15H27ClN4O2S. The van der Waals surface area contributed by atoms with Crippen LogP contribution in [0.2, 0.25) is 0 Å². The second-order valence-electron chi connectivity index (χ2n) is 5.62. The topological polar surface area (TPSA) is 80.5 Å². The van der Waals surface area contributed by atoms with Crippen molar-refractivity contribution < 1.29 is 9.53 Å². The van der Waals surface area contributed by atoms with Gasteiger partial charge in [0, 0.05) is 38.9 Å². The van der Waals surface area contributed by atoms with Gasteiger partial charge >= 0.3 is 0 Å². The van der Waals surface area contributed by atoms with Crippen LogP contribution < -0.4 is 11.1 Å². The molecule has 2 rings (SSSR count). The van der Waals surface area contributed by atoms with E-state index in [2.05, 4.69) is 15.2 Å². The summed E-state index contributed by atoms with van der Waals surface area (Å²) in [6.45, 7) is 3.65. The van der Waals surface area contributed by atoms with E-state index < -0.39 is 0 Å². The Balaban J connectivity index is 0.00000264. The quantitative estimate of drug-likeness (QED) is 0.733. The zero-order valence-corrected chi connectivity index (χ0v) is 15.3. The number of ether oxygens (including phenoxy) is 1. The summed E-state index contributed by atoms with van der Waals surface area (Å²) in [4.78, 5) is 19.7. The maximum atomic E-state index is 11.6. The van der Waals surface area contributed by atoms with E-state index in [4.69, 9.17) is 10.5 Å². The Hall–Kier alpha value is -0.730. The number of aromatic nitrogens is 1. The first-order chi connectivity index (χ1) is 10.7. The number of halogens is 1. The molecule has 1 fully saturated rings. The number of thiazole rings is 1. The molecule has 0 radical (unpaired) electrons. The zero-order valence-electron chi connectivity index (χ0n) is 13.6. The molecule has 0 aromatic carbocycles. The van der Waals surface area contributed by atoms with E-state index in [-0.39, 0.29) is 18.3 Å². The Morgan fingerprint density at radius 1 is 1.57 bits per heavy atom. The van der Waals surface area contributed by atoms with Crippen LogP contribution in [0.5, 0.6) is 0 Å². The first kappa shape index (κ1) is 20.3. The average molecular weight is 363 g/mol. The normalized spacial score (nSPS) is 18.4. The highest BCUT2D eigenvalue weighted by Crippen LogP contribution is 2.22. The highest BCUT2D eigenvalue weighted by atomic mass is 35.5. The number of hydrogen-bond donors (Lipinski definition) is 2. The van der Waals surface area contributed by atoms with E-state index in [1.165, 1.54) is 12.8 Å². The lowest BCUT2D eigenvalue weighted by Gasteiger charge is -2.35. The van der Waals surface area contributed by atoms with Crippen LogP contribution in [0.4, 0.5) is 0 Å². The van der Waals surface area contributed by atoms with Gasteiger partial charge in [-0.1, -0.05) is 6.42 Å². The Labute approximate surface area is 148 Å². The molecule has 1 unspecified atom stereocenters. The second-order valence-corrected chi connectivity index (χ2v) is 6.82. The van der Waals surface area contributed by atoms with E-state index in [9.17, 15) is 4.79 Å². The number of nitrogens with one attached hydrogen (secondary N) is 1.